The molecule has 2 nitrogen and oxygen atoms in total. The van der Waals surface area contributed by atoms with E-state index >= 15 is 0 Å². The summed E-state index contributed by atoms with van der Waals surface area (Å²) in [5.74, 6) is 0.521. The summed E-state index contributed by atoms with van der Waals surface area (Å²) >= 11 is 7.51. The van der Waals surface area contributed by atoms with Gasteiger partial charge in [0.05, 0.1) is 16.6 Å². The second-order valence-corrected chi connectivity index (χ2v) is 3.93. The van der Waals surface area contributed by atoms with Crippen molar-refractivity contribution >= 4 is 22.9 Å². The number of hydrogen-bond acceptors (Lipinski definition) is 3. The topological polar surface area (TPSA) is 24.9 Å². The van der Waals surface area contributed by atoms with Crippen LogP contribution in [0.4, 0.5) is 0 Å². The third kappa shape index (κ3) is 2.19. The van der Waals surface area contributed by atoms with Crippen molar-refractivity contribution in [3.8, 4) is 0 Å². The molecule has 0 aromatic carbocycles. The predicted octanol–water partition coefficient (Wildman–Crippen LogP) is 2.16. The standard InChI is InChI=1S/C8H13ClN2S/c1-3-8-11-6(4-9)7(12-8)5-10-2/h10H,3-5H2,1-2H3. The Labute approximate surface area is 82.0 Å². The normalized spacial score (nSPS) is 10.6. The highest BCUT2D eigenvalue weighted by Gasteiger charge is 2.07. The molecule has 68 valence electrons. The zero-order valence-electron chi connectivity index (χ0n) is 7.35. The maximum atomic E-state index is 5.75. The van der Waals surface area contributed by atoms with Crippen molar-refractivity contribution in [2.75, 3.05) is 7.05 Å². The Morgan fingerprint density at radius 3 is 2.83 bits per heavy atom. The van der Waals surface area contributed by atoms with Gasteiger partial charge in [0.2, 0.25) is 0 Å². The van der Waals surface area contributed by atoms with Gasteiger partial charge in [-0.15, -0.1) is 22.9 Å². The van der Waals surface area contributed by atoms with E-state index in [1.165, 1.54) is 9.88 Å². The van der Waals surface area contributed by atoms with Gasteiger partial charge in [-0.05, 0) is 13.5 Å². The van der Waals surface area contributed by atoms with Gasteiger partial charge in [0.15, 0.2) is 0 Å². The van der Waals surface area contributed by atoms with Gasteiger partial charge in [0, 0.05) is 11.4 Å². The molecular formula is C8H13ClN2S. The van der Waals surface area contributed by atoms with Crippen molar-refractivity contribution < 1.29 is 0 Å². The lowest BCUT2D eigenvalue weighted by atomic mass is 10.4. The van der Waals surface area contributed by atoms with Crippen LogP contribution in [-0.4, -0.2) is 12.0 Å². The van der Waals surface area contributed by atoms with Gasteiger partial charge in [-0.1, -0.05) is 6.92 Å². The zero-order chi connectivity index (χ0) is 8.97. The van der Waals surface area contributed by atoms with E-state index in [9.17, 15) is 0 Å². The van der Waals surface area contributed by atoms with Crippen molar-refractivity contribution in [3.05, 3.63) is 15.6 Å². The van der Waals surface area contributed by atoms with Crippen molar-refractivity contribution in [3.63, 3.8) is 0 Å². The largest absolute Gasteiger partial charge is 0.315 e. The Hall–Kier alpha value is -0.120. The van der Waals surface area contributed by atoms with E-state index in [1.54, 1.807) is 11.3 Å². The molecule has 0 fully saturated rings. The van der Waals surface area contributed by atoms with Gasteiger partial charge in [0.25, 0.3) is 0 Å². The van der Waals surface area contributed by atoms with Crippen LogP contribution >= 0.6 is 22.9 Å². The molecule has 4 heteroatoms. The lowest BCUT2D eigenvalue weighted by Gasteiger charge is -1.95. The van der Waals surface area contributed by atoms with Crippen LogP contribution in [0.1, 0.15) is 22.5 Å². The summed E-state index contributed by atoms with van der Waals surface area (Å²) in [7, 11) is 1.93. The summed E-state index contributed by atoms with van der Waals surface area (Å²) in [6.45, 7) is 2.99. The molecule has 0 aliphatic carbocycles. The highest BCUT2D eigenvalue weighted by atomic mass is 35.5. The smallest absolute Gasteiger partial charge is 0.0929 e. The number of aromatic nitrogens is 1. The van der Waals surface area contributed by atoms with Crippen LogP contribution in [-0.2, 0) is 18.8 Å². The van der Waals surface area contributed by atoms with Crippen LogP contribution in [0.2, 0.25) is 0 Å². The molecule has 0 radical (unpaired) electrons. The van der Waals surface area contributed by atoms with E-state index in [0.717, 1.165) is 18.7 Å². The average Bonchev–Trinajstić information content (AvgIpc) is 2.48. The van der Waals surface area contributed by atoms with E-state index < -0.39 is 0 Å². The molecule has 12 heavy (non-hydrogen) atoms. The van der Waals surface area contributed by atoms with Gasteiger partial charge >= 0.3 is 0 Å². The third-order valence-electron chi connectivity index (χ3n) is 1.59. The Morgan fingerprint density at radius 2 is 2.33 bits per heavy atom. The second kappa shape index (κ2) is 4.80. The molecule has 1 heterocycles. The monoisotopic (exact) mass is 204 g/mol. The van der Waals surface area contributed by atoms with Crippen LogP contribution in [0.5, 0.6) is 0 Å². The van der Waals surface area contributed by atoms with E-state index in [2.05, 4.69) is 17.2 Å². The van der Waals surface area contributed by atoms with Crippen molar-refractivity contribution in [1.29, 1.82) is 0 Å². The number of nitrogens with one attached hydrogen (secondary N) is 1. The highest BCUT2D eigenvalue weighted by molar-refractivity contribution is 7.11. The maximum Gasteiger partial charge on any atom is 0.0929 e. The Kier molecular flexibility index (Phi) is 3.98. The molecule has 1 aromatic rings. The first-order valence-corrected chi connectivity index (χ1v) is 5.35. The molecule has 1 N–H and O–H groups in total. The average molecular weight is 205 g/mol. The minimum atomic E-state index is 0.521. The molecule has 0 saturated carbocycles. The number of alkyl halides is 1. The lowest BCUT2D eigenvalue weighted by Crippen LogP contribution is -2.04. The minimum absolute atomic E-state index is 0.521. The first-order valence-electron chi connectivity index (χ1n) is 3.99. The number of nitrogens with zero attached hydrogens (tertiary/aromatic N) is 1. The van der Waals surface area contributed by atoms with Gasteiger partial charge < -0.3 is 5.32 Å². The number of halogens is 1. The van der Waals surface area contributed by atoms with Crippen LogP contribution in [0.3, 0.4) is 0 Å². The summed E-state index contributed by atoms with van der Waals surface area (Å²) in [6, 6.07) is 0. The second-order valence-electron chi connectivity index (χ2n) is 2.49. The third-order valence-corrected chi connectivity index (χ3v) is 3.08. The van der Waals surface area contributed by atoms with Gasteiger partial charge in [-0.2, -0.15) is 0 Å². The number of hydrogen-bond donors (Lipinski definition) is 1. The molecule has 0 saturated heterocycles. The van der Waals surface area contributed by atoms with Crippen LogP contribution in [0.25, 0.3) is 0 Å². The molecule has 0 aliphatic heterocycles. The highest BCUT2D eigenvalue weighted by Crippen LogP contribution is 2.20. The fourth-order valence-electron chi connectivity index (χ4n) is 0.991. The molecule has 0 aliphatic rings. The Balaban J connectivity index is 2.84. The quantitative estimate of drug-likeness (QED) is 0.761. The molecule has 1 rings (SSSR count). The van der Waals surface area contributed by atoms with E-state index in [1.807, 2.05) is 7.05 Å². The van der Waals surface area contributed by atoms with E-state index in [0.29, 0.717) is 5.88 Å². The van der Waals surface area contributed by atoms with Gasteiger partial charge in [-0.3, -0.25) is 0 Å². The first kappa shape index (κ1) is 9.96. The van der Waals surface area contributed by atoms with Gasteiger partial charge in [0.1, 0.15) is 0 Å². The summed E-state index contributed by atoms with van der Waals surface area (Å²) in [6.07, 6.45) is 0.998. The SMILES string of the molecule is CCc1nc(CCl)c(CNC)s1. The fraction of sp³-hybridized carbons (Fsp3) is 0.625. The summed E-state index contributed by atoms with van der Waals surface area (Å²) in [4.78, 5) is 5.68. The first-order chi connectivity index (χ1) is 5.81. The maximum absolute atomic E-state index is 5.75. The van der Waals surface area contributed by atoms with Crippen molar-refractivity contribution in [2.45, 2.75) is 25.8 Å². The molecular weight excluding hydrogens is 192 g/mol. The molecule has 0 bridgehead atoms. The van der Waals surface area contributed by atoms with Crippen LogP contribution in [0.15, 0.2) is 0 Å². The Morgan fingerprint density at radius 1 is 1.58 bits per heavy atom. The molecule has 0 unspecified atom stereocenters. The fourth-order valence-corrected chi connectivity index (χ4v) is 2.33. The van der Waals surface area contributed by atoms with Crippen molar-refractivity contribution in [1.82, 2.24) is 10.3 Å². The van der Waals surface area contributed by atoms with Crippen LogP contribution < -0.4 is 5.32 Å². The number of rotatable bonds is 4. The number of thiazole rings is 1. The number of aryl methyl sites for hydroxylation is 1. The molecule has 0 spiro atoms. The summed E-state index contributed by atoms with van der Waals surface area (Å²) in [5.41, 5.74) is 1.04. The van der Waals surface area contributed by atoms with Gasteiger partial charge in [-0.25, -0.2) is 4.98 Å². The summed E-state index contributed by atoms with van der Waals surface area (Å²) in [5, 5.41) is 4.28. The Bertz CT molecular complexity index is 247. The minimum Gasteiger partial charge on any atom is -0.315 e. The predicted molar refractivity (Wildman–Crippen MR) is 53.8 cm³/mol. The van der Waals surface area contributed by atoms with Crippen LogP contribution in [0, 0.1) is 0 Å². The molecule has 0 atom stereocenters. The summed E-state index contributed by atoms with van der Waals surface area (Å²) < 4.78 is 0. The van der Waals surface area contributed by atoms with E-state index in [4.69, 9.17) is 11.6 Å². The van der Waals surface area contributed by atoms with E-state index in [-0.39, 0.29) is 0 Å². The molecule has 0 amide bonds. The van der Waals surface area contributed by atoms with Crippen molar-refractivity contribution in [2.24, 2.45) is 0 Å². The lowest BCUT2D eigenvalue weighted by molar-refractivity contribution is 0.820. The molecule has 1 aromatic heterocycles. The zero-order valence-corrected chi connectivity index (χ0v) is 8.93.